The van der Waals surface area contributed by atoms with Gasteiger partial charge in [0.2, 0.25) is 5.91 Å². The molecule has 0 bridgehead atoms. The van der Waals surface area contributed by atoms with E-state index in [-0.39, 0.29) is 33.1 Å². The van der Waals surface area contributed by atoms with Crippen molar-refractivity contribution in [2.24, 2.45) is 5.92 Å². The lowest BCUT2D eigenvalue weighted by Gasteiger charge is -2.21. The Morgan fingerprint density at radius 1 is 1.25 bits per heavy atom. The Labute approximate surface area is 190 Å². The summed E-state index contributed by atoms with van der Waals surface area (Å²) in [5, 5.41) is 4.65. The van der Waals surface area contributed by atoms with Gasteiger partial charge in [0.25, 0.3) is 0 Å². The minimum absolute atomic E-state index is 0.103. The maximum absolute atomic E-state index is 13.3. The first-order chi connectivity index (χ1) is 15.3. The first-order valence-electron chi connectivity index (χ1n) is 10.5. The number of benzene rings is 1. The van der Waals surface area contributed by atoms with Crippen molar-refractivity contribution in [2.75, 3.05) is 25.5 Å². The van der Waals surface area contributed by atoms with Gasteiger partial charge in [0.1, 0.15) is 0 Å². The van der Waals surface area contributed by atoms with Crippen LogP contribution in [0.4, 0.5) is 14.3 Å². The number of sulfone groups is 1. The number of urea groups is 1. The zero-order valence-corrected chi connectivity index (χ0v) is 19.2. The van der Waals surface area contributed by atoms with Crippen LogP contribution in [0.25, 0.3) is 0 Å². The van der Waals surface area contributed by atoms with Crippen molar-refractivity contribution in [1.29, 1.82) is 0 Å². The standard InChI is InChI=1S/C21H25FN4O4S2/c1-23-21(28)26-9-8-13(12-26)10-17(19(27)25-20-24-11-18(22)31-20)14-2-4-15(5-3-14)32(29,30)16-6-7-16/h2-5,11,13,16-17H,6-10,12H2,1H3,(H,23,28)(H,24,25,27)/t13-,17-/m1/s1. The minimum Gasteiger partial charge on any atom is -0.341 e. The molecule has 1 saturated carbocycles. The van der Waals surface area contributed by atoms with E-state index in [9.17, 15) is 22.4 Å². The van der Waals surface area contributed by atoms with E-state index in [4.69, 9.17) is 0 Å². The minimum atomic E-state index is -3.32. The Hall–Kier alpha value is -2.53. The highest BCUT2D eigenvalue weighted by Gasteiger charge is 2.37. The van der Waals surface area contributed by atoms with Crippen LogP contribution in [-0.4, -0.2) is 55.6 Å². The number of thiazole rings is 1. The Bertz CT molecular complexity index is 1100. The molecule has 0 radical (unpaired) electrons. The summed E-state index contributed by atoms with van der Waals surface area (Å²) in [6.45, 7) is 1.14. The summed E-state index contributed by atoms with van der Waals surface area (Å²) in [5.74, 6) is -0.823. The van der Waals surface area contributed by atoms with Crippen molar-refractivity contribution in [3.05, 3.63) is 41.2 Å². The first-order valence-corrected chi connectivity index (χ1v) is 12.9. The summed E-state index contributed by atoms with van der Waals surface area (Å²) in [5.41, 5.74) is 0.674. The Balaban J connectivity index is 1.54. The van der Waals surface area contributed by atoms with Crippen molar-refractivity contribution in [2.45, 2.75) is 41.7 Å². The molecule has 1 aromatic carbocycles. The molecular weight excluding hydrogens is 455 g/mol. The van der Waals surface area contributed by atoms with E-state index in [0.717, 1.165) is 24.0 Å². The summed E-state index contributed by atoms with van der Waals surface area (Å²) in [7, 11) is -1.74. The molecule has 2 fully saturated rings. The second-order valence-corrected chi connectivity index (χ2v) is 11.4. The van der Waals surface area contributed by atoms with Crippen LogP contribution in [-0.2, 0) is 14.6 Å². The van der Waals surface area contributed by atoms with Gasteiger partial charge in [-0.1, -0.05) is 23.5 Å². The second kappa shape index (κ2) is 9.14. The van der Waals surface area contributed by atoms with Gasteiger partial charge in [-0.15, -0.1) is 0 Å². The number of amides is 3. The van der Waals surface area contributed by atoms with E-state index in [0.29, 0.717) is 37.9 Å². The van der Waals surface area contributed by atoms with Crippen LogP contribution in [0.1, 0.15) is 37.2 Å². The van der Waals surface area contributed by atoms with E-state index >= 15 is 0 Å². The number of anilines is 1. The molecule has 1 aliphatic carbocycles. The summed E-state index contributed by atoms with van der Waals surface area (Å²) in [6.07, 6.45) is 3.65. The SMILES string of the molecule is CNC(=O)N1CC[C@H](C[C@@H](C(=O)Nc2ncc(F)s2)c2ccc(S(=O)(=O)C3CC3)cc2)C1. The summed E-state index contributed by atoms with van der Waals surface area (Å²) in [6, 6.07) is 6.30. The molecule has 11 heteroatoms. The van der Waals surface area contributed by atoms with Crippen LogP contribution in [0.2, 0.25) is 0 Å². The Kier molecular flexibility index (Phi) is 6.47. The molecule has 3 amide bonds. The predicted molar refractivity (Wildman–Crippen MR) is 119 cm³/mol. The van der Waals surface area contributed by atoms with Gasteiger partial charge < -0.3 is 15.5 Å². The molecule has 1 aliphatic heterocycles. The van der Waals surface area contributed by atoms with Crippen LogP contribution >= 0.6 is 11.3 Å². The molecule has 1 aromatic heterocycles. The monoisotopic (exact) mass is 480 g/mol. The molecule has 2 heterocycles. The van der Waals surface area contributed by atoms with Crippen LogP contribution in [0.3, 0.4) is 0 Å². The van der Waals surface area contributed by atoms with E-state index in [1.807, 2.05) is 0 Å². The number of likely N-dealkylation sites (tertiary alicyclic amines) is 1. The van der Waals surface area contributed by atoms with Crippen molar-refractivity contribution >= 4 is 38.2 Å². The molecule has 2 aromatic rings. The van der Waals surface area contributed by atoms with E-state index in [1.165, 1.54) is 0 Å². The molecule has 32 heavy (non-hydrogen) atoms. The predicted octanol–water partition coefficient (Wildman–Crippen LogP) is 2.99. The molecule has 1 saturated heterocycles. The van der Waals surface area contributed by atoms with Crippen LogP contribution in [0.5, 0.6) is 0 Å². The van der Waals surface area contributed by atoms with E-state index in [1.54, 1.807) is 36.2 Å². The van der Waals surface area contributed by atoms with Crippen molar-refractivity contribution < 1.29 is 22.4 Å². The van der Waals surface area contributed by atoms with E-state index < -0.39 is 20.9 Å². The second-order valence-electron chi connectivity index (χ2n) is 8.22. The lowest BCUT2D eigenvalue weighted by atomic mass is 9.87. The first kappa shape index (κ1) is 22.7. The molecule has 172 valence electrons. The number of nitrogens with zero attached hydrogens (tertiary/aromatic N) is 2. The highest BCUT2D eigenvalue weighted by molar-refractivity contribution is 7.92. The topological polar surface area (TPSA) is 108 Å². The van der Waals surface area contributed by atoms with Gasteiger partial charge in [-0.3, -0.25) is 4.79 Å². The lowest BCUT2D eigenvalue weighted by Crippen LogP contribution is -2.36. The van der Waals surface area contributed by atoms with Gasteiger partial charge in [0, 0.05) is 20.1 Å². The largest absolute Gasteiger partial charge is 0.341 e. The third-order valence-corrected chi connectivity index (χ3v) is 8.93. The third kappa shape index (κ3) is 4.93. The third-order valence-electron chi connectivity index (χ3n) is 5.95. The zero-order chi connectivity index (χ0) is 22.9. The number of halogens is 1. The lowest BCUT2D eigenvalue weighted by molar-refractivity contribution is -0.118. The molecule has 2 N–H and O–H groups in total. The van der Waals surface area contributed by atoms with Gasteiger partial charge in [0.05, 0.1) is 22.3 Å². The summed E-state index contributed by atoms with van der Waals surface area (Å²) >= 11 is 0.744. The molecule has 0 spiro atoms. The number of hydrogen-bond donors (Lipinski definition) is 2. The molecule has 8 nitrogen and oxygen atoms in total. The fourth-order valence-electron chi connectivity index (χ4n) is 4.06. The molecular formula is C21H25FN4O4S2. The Morgan fingerprint density at radius 3 is 2.56 bits per heavy atom. The molecule has 0 unspecified atom stereocenters. The quantitative estimate of drug-likeness (QED) is 0.633. The average molecular weight is 481 g/mol. The number of nitrogens with one attached hydrogen (secondary N) is 2. The van der Waals surface area contributed by atoms with Crippen LogP contribution in [0, 0.1) is 11.0 Å². The summed E-state index contributed by atoms with van der Waals surface area (Å²) < 4.78 is 38.3. The molecule has 4 rings (SSSR count). The highest BCUT2D eigenvalue weighted by Crippen LogP contribution is 2.35. The zero-order valence-electron chi connectivity index (χ0n) is 17.6. The van der Waals surface area contributed by atoms with Gasteiger partial charge in [-0.05, 0) is 49.3 Å². The highest BCUT2D eigenvalue weighted by atomic mass is 32.2. The van der Waals surface area contributed by atoms with Gasteiger partial charge in [0.15, 0.2) is 20.1 Å². The fourth-order valence-corrected chi connectivity index (χ4v) is 6.26. The Morgan fingerprint density at radius 2 is 1.97 bits per heavy atom. The van der Waals surface area contributed by atoms with Crippen LogP contribution in [0.15, 0.2) is 35.4 Å². The average Bonchev–Trinajstić information content (AvgIpc) is 3.42. The maximum atomic E-state index is 13.3. The van der Waals surface area contributed by atoms with Gasteiger partial charge in [-0.2, -0.15) is 4.39 Å². The van der Waals surface area contributed by atoms with Crippen molar-refractivity contribution in [3.63, 3.8) is 0 Å². The summed E-state index contributed by atoms with van der Waals surface area (Å²) in [4.78, 5) is 30.8. The normalized spacial score (nSPS) is 19.6. The van der Waals surface area contributed by atoms with Crippen molar-refractivity contribution in [1.82, 2.24) is 15.2 Å². The number of aromatic nitrogens is 1. The van der Waals surface area contributed by atoms with E-state index in [2.05, 4.69) is 15.6 Å². The van der Waals surface area contributed by atoms with Crippen molar-refractivity contribution in [3.8, 4) is 0 Å². The number of carbonyl (C=O) groups excluding carboxylic acids is 2. The molecule has 2 atom stereocenters. The van der Waals surface area contributed by atoms with Crippen LogP contribution < -0.4 is 10.6 Å². The number of hydrogen-bond acceptors (Lipinski definition) is 6. The smallest absolute Gasteiger partial charge is 0.317 e. The molecule has 2 aliphatic rings. The maximum Gasteiger partial charge on any atom is 0.317 e. The van der Waals surface area contributed by atoms with Gasteiger partial charge >= 0.3 is 6.03 Å². The number of carbonyl (C=O) groups is 2. The fraction of sp³-hybridized carbons (Fsp3) is 0.476. The van der Waals surface area contributed by atoms with Gasteiger partial charge in [-0.25, -0.2) is 18.2 Å². The number of rotatable bonds is 7.